The van der Waals surface area contributed by atoms with Gasteiger partial charge in [-0.1, -0.05) is 42.5 Å². The average Bonchev–Trinajstić information content (AvgIpc) is 2.19. The van der Waals surface area contributed by atoms with E-state index >= 15 is 0 Å². The van der Waals surface area contributed by atoms with Crippen LogP contribution < -0.4 is 0 Å². The maximum absolute atomic E-state index is 13.3. The van der Waals surface area contributed by atoms with Gasteiger partial charge in [0.05, 0.1) is 0 Å². The lowest BCUT2D eigenvalue weighted by Gasteiger charge is -2.17. The quantitative estimate of drug-likeness (QED) is 0.525. The van der Waals surface area contributed by atoms with Crippen molar-refractivity contribution in [1.82, 2.24) is 0 Å². The third kappa shape index (κ3) is 2.13. The highest BCUT2D eigenvalue weighted by Crippen LogP contribution is 2.32. The Morgan fingerprint density at radius 2 is 1.64 bits per heavy atom. The van der Waals surface area contributed by atoms with Gasteiger partial charge in [0.1, 0.15) is 0 Å². The summed E-state index contributed by atoms with van der Waals surface area (Å²) in [4.78, 5) is 0. The van der Waals surface area contributed by atoms with Crippen molar-refractivity contribution in [1.29, 1.82) is 0 Å². The molecule has 0 aromatic heterocycles. The molecule has 0 nitrogen and oxygen atoms in total. The van der Waals surface area contributed by atoms with Crippen molar-refractivity contribution in [2.75, 3.05) is 0 Å². The van der Waals surface area contributed by atoms with Crippen LogP contribution in [-0.2, 0) is 0 Å². The van der Waals surface area contributed by atoms with E-state index < -0.39 is 4.58 Å². The molecule has 2 heteroatoms. The molecule has 1 aliphatic rings. The Hall–Kier alpha value is -0.890. The molecule has 0 heterocycles. The third-order valence-electron chi connectivity index (χ3n) is 2.24. The molecular weight excluding hydrogens is 243 g/mol. The smallest absolute Gasteiger partial charge is 0.201 e. The molecule has 0 amide bonds. The first kappa shape index (κ1) is 9.66. The molecule has 0 saturated heterocycles. The molecule has 1 aliphatic carbocycles. The van der Waals surface area contributed by atoms with Crippen molar-refractivity contribution in [2.45, 2.75) is 10.5 Å². The molecule has 0 spiro atoms. The van der Waals surface area contributed by atoms with Gasteiger partial charge in [-0.05, 0) is 33.6 Å². The number of alkyl halides is 2. The molecule has 1 aromatic rings. The molecule has 72 valence electrons. The van der Waals surface area contributed by atoms with Crippen LogP contribution in [0.5, 0.6) is 0 Å². The summed E-state index contributed by atoms with van der Waals surface area (Å²) in [6, 6.07) is 10.0. The molecule has 0 radical (unpaired) electrons. The van der Waals surface area contributed by atoms with Crippen LogP contribution in [-0.4, -0.2) is 4.58 Å². The van der Waals surface area contributed by atoms with Crippen molar-refractivity contribution in [3.8, 4) is 0 Å². The number of rotatable bonds is 1. The Morgan fingerprint density at radius 3 is 2.21 bits per heavy atom. The van der Waals surface area contributed by atoms with E-state index in [0.29, 0.717) is 0 Å². The van der Waals surface area contributed by atoms with E-state index in [1.54, 1.807) is 0 Å². The van der Waals surface area contributed by atoms with E-state index in [1.165, 1.54) is 17.7 Å². The fourth-order valence-corrected chi connectivity index (χ4v) is 1.79. The molecule has 0 unspecified atom stereocenters. The topological polar surface area (TPSA) is 0 Å². The summed E-state index contributed by atoms with van der Waals surface area (Å²) in [5.41, 5.74) is 1.18. The fraction of sp³-hybridized carbons (Fsp3) is 0.167. The summed E-state index contributed by atoms with van der Waals surface area (Å²) >= 11 is 2.95. The van der Waals surface area contributed by atoms with Crippen LogP contribution in [0.1, 0.15) is 11.5 Å². The number of benzene rings is 1. The predicted molar refractivity (Wildman–Crippen MR) is 60.2 cm³/mol. The third-order valence-corrected chi connectivity index (χ3v) is 2.76. The summed E-state index contributed by atoms with van der Waals surface area (Å²) < 4.78 is 11.8. The Morgan fingerprint density at radius 1 is 1.07 bits per heavy atom. The second kappa shape index (κ2) is 3.70. The molecule has 2 rings (SSSR count). The number of halogens is 2. The second-order valence-electron chi connectivity index (χ2n) is 3.33. The zero-order valence-corrected chi connectivity index (χ0v) is 9.12. The molecule has 14 heavy (non-hydrogen) atoms. The zero-order chi connectivity index (χ0) is 10.0. The summed E-state index contributed by atoms with van der Waals surface area (Å²) in [5.74, 6) is 0.192. The van der Waals surface area contributed by atoms with E-state index in [9.17, 15) is 4.39 Å². The number of hydrogen-bond donors (Lipinski definition) is 0. The Kier molecular flexibility index (Phi) is 2.55. The molecule has 0 saturated carbocycles. The van der Waals surface area contributed by atoms with Crippen molar-refractivity contribution in [3.63, 3.8) is 0 Å². The molecule has 0 bridgehead atoms. The minimum atomic E-state index is -1.46. The highest BCUT2D eigenvalue weighted by molar-refractivity contribution is 9.10. The second-order valence-corrected chi connectivity index (χ2v) is 4.54. The zero-order valence-electron chi connectivity index (χ0n) is 7.53. The van der Waals surface area contributed by atoms with Gasteiger partial charge in [0.25, 0.3) is 0 Å². The summed E-state index contributed by atoms with van der Waals surface area (Å²) in [6.07, 6.45) is 6.80. The van der Waals surface area contributed by atoms with E-state index in [0.717, 1.165) is 0 Å². The van der Waals surface area contributed by atoms with Crippen LogP contribution in [0.15, 0.2) is 54.6 Å². The number of allylic oxidation sites excluding steroid dienone is 4. The SMILES string of the molecule is FC1(Br)C=CC(c2ccccc2)C=C1. The van der Waals surface area contributed by atoms with Gasteiger partial charge in [0.2, 0.25) is 4.58 Å². The highest BCUT2D eigenvalue weighted by Gasteiger charge is 2.22. The minimum absolute atomic E-state index is 0.192. The predicted octanol–water partition coefficient (Wildman–Crippen LogP) is 3.96. The van der Waals surface area contributed by atoms with Gasteiger partial charge in [0, 0.05) is 5.92 Å². The first-order chi connectivity index (χ1) is 6.67. The highest BCUT2D eigenvalue weighted by atomic mass is 79.9. The summed E-state index contributed by atoms with van der Waals surface area (Å²) in [7, 11) is 0. The van der Waals surface area contributed by atoms with Crippen LogP contribution in [0.25, 0.3) is 0 Å². The van der Waals surface area contributed by atoms with Crippen LogP contribution in [0, 0.1) is 0 Å². The average molecular weight is 253 g/mol. The lowest BCUT2D eigenvalue weighted by atomic mass is 9.94. The van der Waals surface area contributed by atoms with Crippen LogP contribution in [0.2, 0.25) is 0 Å². The van der Waals surface area contributed by atoms with Crippen molar-refractivity contribution < 1.29 is 4.39 Å². The van der Waals surface area contributed by atoms with Crippen LogP contribution in [0.3, 0.4) is 0 Å². The van der Waals surface area contributed by atoms with E-state index in [-0.39, 0.29) is 5.92 Å². The maximum atomic E-state index is 13.3. The monoisotopic (exact) mass is 252 g/mol. The molecular formula is C12H10BrF. The van der Waals surface area contributed by atoms with Crippen LogP contribution in [0.4, 0.5) is 4.39 Å². The normalized spacial score (nSPS) is 30.6. The van der Waals surface area contributed by atoms with Gasteiger partial charge in [-0.25, -0.2) is 4.39 Å². The molecule has 0 atom stereocenters. The van der Waals surface area contributed by atoms with E-state index in [4.69, 9.17) is 0 Å². The Labute approximate surface area is 91.3 Å². The Bertz CT molecular complexity index is 349. The summed E-state index contributed by atoms with van der Waals surface area (Å²) in [6.45, 7) is 0. The lowest BCUT2D eigenvalue weighted by Crippen LogP contribution is -2.09. The van der Waals surface area contributed by atoms with Crippen molar-refractivity contribution in [3.05, 3.63) is 60.2 Å². The fourth-order valence-electron chi connectivity index (χ4n) is 1.48. The van der Waals surface area contributed by atoms with Gasteiger partial charge < -0.3 is 0 Å². The minimum Gasteiger partial charge on any atom is -0.222 e. The summed E-state index contributed by atoms with van der Waals surface area (Å²) in [5, 5.41) is 0. The standard InChI is InChI=1S/C12H10BrF/c13-12(14)8-6-11(7-9-12)10-4-2-1-3-5-10/h1-9,11H. The molecule has 0 fully saturated rings. The van der Waals surface area contributed by atoms with Gasteiger partial charge in [0.15, 0.2) is 0 Å². The van der Waals surface area contributed by atoms with Gasteiger partial charge in [-0.2, -0.15) is 0 Å². The first-order valence-corrected chi connectivity index (χ1v) is 5.28. The van der Waals surface area contributed by atoms with Crippen LogP contribution >= 0.6 is 15.9 Å². The van der Waals surface area contributed by atoms with E-state index in [1.807, 2.05) is 42.5 Å². The molecule has 0 N–H and O–H groups in total. The van der Waals surface area contributed by atoms with Crippen molar-refractivity contribution in [2.24, 2.45) is 0 Å². The number of hydrogen-bond acceptors (Lipinski definition) is 0. The van der Waals surface area contributed by atoms with Gasteiger partial charge in [-0.15, -0.1) is 0 Å². The van der Waals surface area contributed by atoms with Gasteiger partial charge >= 0.3 is 0 Å². The Balaban J connectivity index is 2.22. The van der Waals surface area contributed by atoms with E-state index in [2.05, 4.69) is 15.9 Å². The maximum Gasteiger partial charge on any atom is 0.201 e. The molecule has 1 aromatic carbocycles. The molecule has 0 aliphatic heterocycles. The van der Waals surface area contributed by atoms with Crippen molar-refractivity contribution >= 4 is 15.9 Å². The largest absolute Gasteiger partial charge is 0.222 e. The first-order valence-electron chi connectivity index (χ1n) is 4.49. The van der Waals surface area contributed by atoms with Gasteiger partial charge in [-0.3, -0.25) is 0 Å². The lowest BCUT2D eigenvalue weighted by molar-refractivity contribution is 0.431.